The zero-order valence-electron chi connectivity index (χ0n) is 12.8. The van der Waals surface area contributed by atoms with Crippen LogP contribution in [0.5, 0.6) is 0 Å². The van der Waals surface area contributed by atoms with E-state index in [1.807, 2.05) is 11.9 Å². The Morgan fingerprint density at radius 3 is 2.45 bits per heavy atom. The Labute approximate surface area is 127 Å². The number of nitrogens with zero attached hydrogens (tertiary/aromatic N) is 1. The molecule has 0 radical (unpaired) electrons. The second-order valence-corrected chi connectivity index (χ2v) is 6.53. The third kappa shape index (κ3) is 4.52. The second-order valence-electron chi connectivity index (χ2n) is 5.47. The summed E-state index contributed by atoms with van der Waals surface area (Å²) in [7, 11) is 0. The number of unbranched alkanes of at least 4 members (excludes halogenated alkanes) is 5. The molecular weight excluding hydrogens is 262 g/mol. The van der Waals surface area contributed by atoms with E-state index in [4.69, 9.17) is 0 Å². The van der Waals surface area contributed by atoms with Crippen LogP contribution in [0.4, 0.5) is 0 Å². The van der Waals surface area contributed by atoms with Gasteiger partial charge >= 0.3 is 0 Å². The minimum Gasteiger partial charge on any atom is -0.131 e. The molecule has 0 fully saturated rings. The zero-order chi connectivity index (χ0) is 14.2. The lowest BCUT2D eigenvalue weighted by molar-refractivity contribution is -0.500. The quantitative estimate of drug-likeness (QED) is 0.471. The van der Waals surface area contributed by atoms with E-state index in [1.54, 1.807) is 0 Å². The number of rotatable bonds is 8. The van der Waals surface area contributed by atoms with E-state index < -0.39 is 0 Å². The molecule has 0 saturated carbocycles. The van der Waals surface area contributed by atoms with Crippen molar-refractivity contribution in [3.05, 3.63) is 42.2 Å². The summed E-state index contributed by atoms with van der Waals surface area (Å²) < 4.78 is 2.33. The molecule has 2 aromatic rings. The van der Waals surface area contributed by atoms with Crippen LogP contribution in [0.25, 0.3) is 10.8 Å². The van der Waals surface area contributed by atoms with Gasteiger partial charge in [-0.15, -0.1) is 3.97 Å². The highest BCUT2D eigenvalue weighted by Crippen LogP contribution is 2.14. The first kappa shape index (κ1) is 15.4. The van der Waals surface area contributed by atoms with Gasteiger partial charge in [-0.1, -0.05) is 57.2 Å². The van der Waals surface area contributed by atoms with Gasteiger partial charge in [-0.3, -0.25) is 0 Å². The summed E-state index contributed by atoms with van der Waals surface area (Å²) in [6.07, 6.45) is 10.5. The molecule has 0 amide bonds. The average molecular weight is 288 g/mol. The monoisotopic (exact) mass is 288 g/mol. The average Bonchev–Trinajstić information content (AvgIpc) is 2.46. The van der Waals surface area contributed by atoms with Crippen molar-refractivity contribution in [2.45, 2.75) is 52.4 Å². The van der Waals surface area contributed by atoms with E-state index in [2.05, 4.69) is 54.3 Å². The van der Waals surface area contributed by atoms with E-state index in [0.29, 0.717) is 0 Å². The SMILES string of the molecule is CCCCCCCCS[n+]1cc2ccccc2cc1C. The van der Waals surface area contributed by atoms with Gasteiger partial charge in [0.1, 0.15) is 0 Å². The van der Waals surface area contributed by atoms with Crippen LogP contribution in [0, 0.1) is 6.92 Å². The minimum atomic E-state index is 1.22. The van der Waals surface area contributed by atoms with Gasteiger partial charge in [0.05, 0.1) is 5.75 Å². The molecule has 1 aromatic heterocycles. The number of aromatic nitrogens is 1. The molecule has 1 nitrogen and oxygen atoms in total. The normalized spacial score (nSPS) is 11.1. The molecule has 0 spiro atoms. The molecule has 0 aliphatic carbocycles. The Balaban J connectivity index is 1.82. The zero-order valence-corrected chi connectivity index (χ0v) is 13.6. The van der Waals surface area contributed by atoms with Crippen molar-refractivity contribution in [1.29, 1.82) is 0 Å². The summed E-state index contributed by atoms with van der Waals surface area (Å²) in [5.41, 5.74) is 1.33. The maximum absolute atomic E-state index is 2.33. The minimum absolute atomic E-state index is 1.22. The van der Waals surface area contributed by atoms with Gasteiger partial charge in [0, 0.05) is 18.4 Å². The van der Waals surface area contributed by atoms with Crippen molar-refractivity contribution in [3.63, 3.8) is 0 Å². The number of benzene rings is 1. The molecule has 0 saturated heterocycles. The number of fused-ring (bicyclic) bond motifs is 1. The lowest BCUT2D eigenvalue weighted by Crippen LogP contribution is -2.29. The van der Waals surface area contributed by atoms with E-state index in [9.17, 15) is 0 Å². The molecule has 2 heteroatoms. The number of hydrogen-bond acceptors (Lipinski definition) is 1. The van der Waals surface area contributed by atoms with Crippen molar-refractivity contribution in [3.8, 4) is 0 Å². The molecule has 0 aliphatic heterocycles. The van der Waals surface area contributed by atoms with Crippen molar-refractivity contribution < 1.29 is 3.97 Å². The highest BCUT2D eigenvalue weighted by Gasteiger charge is 2.10. The molecule has 108 valence electrons. The number of hydrogen-bond donors (Lipinski definition) is 0. The molecule has 20 heavy (non-hydrogen) atoms. The van der Waals surface area contributed by atoms with E-state index >= 15 is 0 Å². The Morgan fingerprint density at radius 2 is 1.65 bits per heavy atom. The molecule has 1 heterocycles. The van der Waals surface area contributed by atoms with Crippen molar-refractivity contribution in [2.24, 2.45) is 0 Å². The maximum atomic E-state index is 2.33. The number of aryl methyl sites for hydroxylation is 1. The van der Waals surface area contributed by atoms with E-state index in [0.717, 1.165) is 0 Å². The summed E-state index contributed by atoms with van der Waals surface area (Å²) in [4.78, 5) is 0. The first-order valence-corrected chi connectivity index (χ1v) is 8.80. The number of pyridine rings is 1. The Kier molecular flexibility index (Phi) is 6.38. The van der Waals surface area contributed by atoms with Crippen LogP contribution in [0.1, 0.15) is 51.1 Å². The van der Waals surface area contributed by atoms with Gasteiger partial charge in [-0.2, -0.15) is 0 Å². The van der Waals surface area contributed by atoms with E-state index in [1.165, 1.54) is 60.7 Å². The lowest BCUT2D eigenvalue weighted by atomic mass is 10.1. The van der Waals surface area contributed by atoms with E-state index in [-0.39, 0.29) is 0 Å². The van der Waals surface area contributed by atoms with Gasteiger partial charge in [0.2, 0.25) is 0 Å². The Bertz CT molecular complexity index is 536. The predicted octanol–water partition coefficient (Wildman–Crippen LogP) is 5.29. The van der Waals surface area contributed by atoms with Crippen LogP contribution in [0.3, 0.4) is 0 Å². The van der Waals surface area contributed by atoms with Crippen LogP contribution in [-0.2, 0) is 0 Å². The molecule has 2 rings (SSSR count). The van der Waals surface area contributed by atoms with Crippen LogP contribution in [0.15, 0.2) is 36.5 Å². The van der Waals surface area contributed by atoms with Gasteiger partial charge in [-0.05, 0) is 17.9 Å². The van der Waals surface area contributed by atoms with Crippen LogP contribution in [0.2, 0.25) is 0 Å². The molecule has 0 unspecified atom stereocenters. The van der Waals surface area contributed by atoms with Crippen LogP contribution >= 0.6 is 11.9 Å². The lowest BCUT2D eigenvalue weighted by Gasteiger charge is -2.01. The summed E-state index contributed by atoms with van der Waals surface area (Å²) >= 11 is 1.94. The van der Waals surface area contributed by atoms with Gasteiger partial charge < -0.3 is 0 Å². The summed E-state index contributed by atoms with van der Waals surface area (Å²) in [6.45, 7) is 4.47. The Hall–Kier alpha value is -1.02. The first-order chi connectivity index (χ1) is 9.81. The molecule has 0 N–H and O–H groups in total. The van der Waals surface area contributed by atoms with Gasteiger partial charge in [0.25, 0.3) is 0 Å². The summed E-state index contributed by atoms with van der Waals surface area (Å²) in [5.74, 6) is 1.22. The highest BCUT2D eigenvalue weighted by molar-refractivity contribution is 7.92. The van der Waals surface area contributed by atoms with Crippen LogP contribution < -0.4 is 3.97 Å². The standard InChI is InChI=1S/C18H26NS/c1-3-4-5-6-7-10-13-20-19-15-18-12-9-8-11-17(18)14-16(19)2/h8-9,11-12,14-15H,3-7,10,13H2,1-2H3/q+1. The van der Waals surface area contributed by atoms with Gasteiger partial charge in [-0.25, -0.2) is 0 Å². The second kappa shape index (κ2) is 8.31. The largest absolute Gasteiger partial charge is 0.193 e. The highest BCUT2D eigenvalue weighted by atomic mass is 32.2. The third-order valence-electron chi connectivity index (χ3n) is 3.69. The van der Waals surface area contributed by atoms with Crippen molar-refractivity contribution in [1.82, 2.24) is 0 Å². The smallest absolute Gasteiger partial charge is 0.131 e. The topological polar surface area (TPSA) is 3.88 Å². The predicted molar refractivity (Wildman–Crippen MR) is 90.1 cm³/mol. The van der Waals surface area contributed by atoms with Gasteiger partial charge in [0.15, 0.2) is 23.8 Å². The fraction of sp³-hybridized carbons (Fsp3) is 0.500. The third-order valence-corrected chi connectivity index (χ3v) is 4.84. The molecular formula is C18H26NS+. The molecule has 0 atom stereocenters. The molecule has 0 aliphatic rings. The summed E-state index contributed by atoms with van der Waals surface area (Å²) in [5, 5.41) is 2.66. The van der Waals surface area contributed by atoms with Crippen molar-refractivity contribution in [2.75, 3.05) is 5.75 Å². The fourth-order valence-corrected chi connectivity index (χ4v) is 3.44. The molecule has 0 bridgehead atoms. The van der Waals surface area contributed by atoms with Crippen molar-refractivity contribution >= 4 is 22.7 Å². The fourth-order valence-electron chi connectivity index (χ4n) is 2.46. The molecule has 1 aromatic carbocycles. The Morgan fingerprint density at radius 1 is 0.950 bits per heavy atom. The summed E-state index contributed by atoms with van der Waals surface area (Å²) in [6, 6.07) is 10.9. The first-order valence-electron chi connectivity index (χ1n) is 7.85. The van der Waals surface area contributed by atoms with Crippen LogP contribution in [-0.4, -0.2) is 5.75 Å². The maximum Gasteiger partial charge on any atom is 0.193 e.